The zero-order valence-electron chi connectivity index (χ0n) is 18.2. The summed E-state index contributed by atoms with van der Waals surface area (Å²) in [6, 6.07) is 11.7. The number of amides is 1. The molecular weight excluding hydrogens is 569 g/mol. The molecule has 8 heteroatoms. The predicted octanol–water partition coefficient (Wildman–Crippen LogP) is 5.87. The van der Waals surface area contributed by atoms with Gasteiger partial charge in [0.25, 0.3) is 5.91 Å². The van der Waals surface area contributed by atoms with Crippen LogP contribution >= 0.6 is 46.6 Å². The number of methoxy groups -OCH3 is 1. The Balaban J connectivity index is 1.69. The van der Waals surface area contributed by atoms with Gasteiger partial charge >= 0.3 is 0 Å². The number of rotatable bonds is 11. The van der Waals surface area contributed by atoms with Gasteiger partial charge in [-0.2, -0.15) is 0 Å². The monoisotopic (exact) mass is 593 g/mol. The lowest BCUT2D eigenvalue weighted by Crippen LogP contribution is -2.27. The summed E-state index contributed by atoms with van der Waals surface area (Å²) in [5.74, 6) is 1.93. The van der Waals surface area contributed by atoms with E-state index in [9.17, 15) is 4.79 Å². The zero-order valence-corrected chi connectivity index (χ0v) is 22.0. The third kappa shape index (κ3) is 6.39. The quantitative estimate of drug-likeness (QED) is 0.107. The lowest BCUT2D eigenvalue weighted by Gasteiger charge is -2.15. The van der Waals surface area contributed by atoms with Crippen LogP contribution in [0.3, 0.4) is 0 Å². The first-order valence-electron chi connectivity index (χ1n) is 10.2. The van der Waals surface area contributed by atoms with E-state index in [1.807, 2.05) is 48.6 Å². The van der Waals surface area contributed by atoms with Crippen LogP contribution in [0.2, 0.25) is 0 Å². The van der Waals surface area contributed by atoms with Crippen LogP contribution in [0.4, 0.5) is 0 Å². The van der Waals surface area contributed by atoms with E-state index in [1.165, 1.54) is 16.7 Å². The molecule has 1 fully saturated rings. The van der Waals surface area contributed by atoms with Gasteiger partial charge in [0.2, 0.25) is 0 Å². The highest BCUT2D eigenvalue weighted by Crippen LogP contribution is 2.37. The Hall–Kier alpha value is -2.30. The summed E-state index contributed by atoms with van der Waals surface area (Å²) in [5, 5.41) is 0. The van der Waals surface area contributed by atoms with Crippen LogP contribution in [0.5, 0.6) is 17.2 Å². The lowest BCUT2D eigenvalue weighted by atomic mass is 10.1. The van der Waals surface area contributed by atoms with Gasteiger partial charge in [0.15, 0.2) is 11.5 Å². The van der Waals surface area contributed by atoms with E-state index in [0.717, 1.165) is 26.9 Å². The fourth-order valence-corrected chi connectivity index (χ4v) is 5.22. The van der Waals surface area contributed by atoms with Crippen molar-refractivity contribution < 1.29 is 19.0 Å². The molecular formula is C25H24INO4S2. The third-order valence-electron chi connectivity index (χ3n) is 4.66. The molecule has 172 valence electrons. The second-order valence-corrected chi connectivity index (χ2v) is 9.75. The molecule has 3 rings (SSSR count). The zero-order chi connectivity index (χ0) is 23.8. The Labute approximate surface area is 217 Å². The standard InChI is InChI=1S/C25H24INO4S2/c1-4-8-18-9-6-7-10-20(18)30-12-13-31-23-19(26)14-17(15-21(23)29-3)16-22-24(28)27(11-5-2)25(32)33-22/h4-7,9-10,14-16H,1-2,8,11-13H2,3H3. The SMILES string of the molecule is C=CCc1ccccc1OCCOc1c(I)cc(C=C2SC(=S)N(CC=C)C2=O)cc1OC. The average molecular weight is 594 g/mol. The summed E-state index contributed by atoms with van der Waals surface area (Å²) in [6.07, 6.45) is 6.07. The van der Waals surface area contributed by atoms with Crippen molar-refractivity contribution >= 4 is 62.9 Å². The summed E-state index contributed by atoms with van der Waals surface area (Å²) >= 11 is 8.79. The molecule has 0 N–H and O–H groups in total. The lowest BCUT2D eigenvalue weighted by molar-refractivity contribution is -0.121. The van der Waals surface area contributed by atoms with Crippen LogP contribution in [-0.2, 0) is 11.2 Å². The van der Waals surface area contributed by atoms with E-state index in [0.29, 0.717) is 40.5 Å². The molecule has 2 aromatic rings. The van der Waals surface area contributed by atoms with Crippen LogP contribution < -0.4 is 14.2 Å². The van der Waals surface area contributed by atoms with Crippen molar-refractivity contribution in [3.63, 3.8) is 0 Å². The number of para-hydroxylation sites is 1. The largest absolute Gasteiger partial charge is 0.493 e. The molecule has 0 atom stereocenters. The van der Waals surface area contributed by atoms with Gasteiger partial charge in [-0.05, 0) is 64.4 Å². The fraction of sp³-hybridized carbons (Fsp3) is 0.200. The van der Waals surface area contributed by atoms with E-state index in [4.69, 9.17) is 26.4 Å². The Bertz CT molecular complexity index is 1100. The highest BCUT2D eigenvalue weighted by atomic mass is 127. The molecule has 0 saturated carbocycles. The number of ether oxygens (including phenoxy) is 3. The van der Waals surface area contributed by atoms with Gasteiger partial charge in [0, 0.05) is 6.54 Å². The molecule has 2 aromatic carbocycles. The van der Waals surface area contributed by atoms with Crippen LogP contribution in [0, 0.1) is 3.57 Å². The number of carbonyl (C=O) groups excluding carboxylic acids is 1. The maximum Gasteiger partial charge on any atom is 0.266 e. The summed E-state index contributed by atoms with van der Waals surface area (Å²) in [4.78, 5) is 14.7. The first-order chi connectivity index (χ1) is 16.0. The van der Waals surface area contributed by atoms with Gasteiger partial charge in [-0.15, -0.1) is 13.2 Å². The summed E-state index contributed by atoms with van der Waals surface area (Å²) < 4.78 is 18.8. The molecule has 5 nitrogen and oxygen atoms in total. The maximum absolute atomic E-state index is 12.6. The van der Waals surface area contributed by atoms with E-state index in [-0.39, 0.29) is 5.91 Å². The summed E-state index contributed by atoms with van der Waals surface area (Å²) in [5.41, 5.74) is 1.92. The van der Waals surface area contributed by atoms with Crippen molar-refractivity contribution in [2.24, 2.45) is 0 Å². The second-order valence-electron chi connectivity index (χ2n) is 6.91. The number of hydrogen-bond donors (Lipinski definition) is 0. The van der Waals surface area contributed by atoms with Gasteiger partial charge in [-0.3, -0.25) is 9.69 Å². The number of allylic oxidation sites excluding steroid dienone is 1. The second kappa shape index (κ2) is 12.2. The minimum Gasteiger partial charge on any atom is -0.493 e. The Morgan fingerprint density at radius 1 is 1.12 bits per heavy atom. The molecule has 1 amide bonds. The van der Waals surface area contributed by atoms with Crippen LogP contribution in [0.1, 0.15) is 11.1 Å². The van der Waals surface area contributed by atoms with Crippen molar-refractivity contribution in [3.8, 4) is 17.2 Å². The number of thiocarbonyl (C=S) groups is 1. The van der Waals surface area contributed by atoms with E-state index in [2.05, 4.69) is 35.7 Å². The first-order valence-corrected chi connectivity index (χ1v) is 12.5. The maximum atomic E-state index is 12.6. The Kier molecular flexibility index (Phi) is 9.40. The van der Waals surface area contributed by atoms with Crippen molar-refractivity contribution in [2.45, 2.75) is 6.42 Å². The molecule has 0 bridgehead atoms. The molecule has 0 unspecified atom stereocenters. The fourth-order valence-electron chi connectivity index (χ4n) is 3.17. The number of benzene rings is 2. The van der Waals surface area contributed by atoms with E-state index < -0.39 is 0 Å². The first kappa shape index (κ1) is 25.3. The molecule has 0 aliphatic carbocycles. The molecule has 1 aliphatic rings. The molecule has 0 spiro atoms. The number of hydrogen-bond acceptors (Lipinski definition) is 6. The highest BCUT2D eigenvalue weighted by molar-refractivity contribution is 14.1. The van der Waals surface area contributed by atoms with Crippen molar-refractivity contribution in [1.29, 1.82) is 0 Å². The topological polar surface area (TPSA) is 48.0 Å². The smallest absolute Gasteiger partial charge is 0.266 e. The number of carbonyl (C=O) groups is 1. The van der Waals surface area contributed by atoms with Gasteiger partial charge in [-0.25, -0.2) is 0 Å². The van der Waals surface area contributed by atoms with Crippen molar-refractivity contribution in [2.75, 3.05) is 26.9 Å². The number of halogens is 1. The molecule has 1 saturated heterocycles. The minimum atomic E-state index is -0.118. The van der Waals surface area contributed by atoms with E-state index in [1.54, 1.807) is 13.2 Å². The van der Waals surface area contributed by atoms with Gasteiger partial charge in [0.05, 0.1) is 15.6 Å². The van der Waals surface area contributed by atoms with Gasteiger partial charge in [0.1, 0.15) is 23.3 Å². The highest BCUT2D eigenvalue weighted by Gasteiger charge is 2.31. The molecule has 1 heterocycles. The van der Waals surface area contributed by atoms with Crippen molar-refractivity contribution in [1.82, 2.24) is 4.90 Å². The van der Waals surface area contributed by atoms with Crippen LogP contribution in [0.15, 0.2) is 66.6 Å². The number of thioether (sulfide) groups is 1. The van der Waals surface area contributed by atoms with E-state index >= 15 is 0 Å². The molecule has 1 aliphatic heterocycles. The van der Waals surface area contributed by atoms with Crippen LogP contribution in [0.25, 0.3) is 6.08 Å². The minimum absolute atomic E-state index is 0.118. The van der Waals surface area contributed by atoms with Gasteiger partial charge < -0.3 is 14.2 Å². The molecule has 0 radical (unpaired) electrons. The summed E-state index contributed by atoms with van der Waals surface area (Å²) in [6.45, 7) is 8.61. The van der Waals surface area contributed by atoms with Gasteiger partial charge in [-0.1, -0.05) is 54.3 Å². The van der Waals surface area contributed by atoms with Crippen molar-refractivity contribution in [3.05, 3.63) is 81.3 Å². The number of nitrogens with zero attached hydrogens (tertiary/aromatic N) is 1. The normalized spacial score (nSPS) is 14.5. The third-order valence-corrected chi connectivity index (χ3v) is 6.84. The predicted molar refractivity (Wildman–Crippen MR) is 147 cm³/mol. The Morgan fingerprint density at radius 2 is 1.88 bits per heavy atom. The summed E-state index contributed by atoms with van der Waals surface area (Å²) in [7, 11) is 1.59. The van der Waals surface area contributed by atoms with Crippen LogP contribution in [-0.4, -0.2) is 42.0 Å². The average Bonchev–Trinajstić information content (AvgIpc) is 3.06. The Morgan fingerprint density at radius 3 is 2.61 bits per heavy atom. The molecule has 0 aromatic heterocycles. The molecule has 33 heavy (non-hydrogen) atoms.